The van der Waals surface area contributed by atoms with Gasteiger partial charge in [-0.3, -0.25) is 9.59 Å². The second kappa shape index (κ2) is 14.8. The highest BCUT2D eigenvalue weighted by molar-refractivity contribution is 5.75. The van der Waals surface area contributed by atoms with Crippen molar-refractivity contribution in [3.05, 3.63) is 35.9 Å². The van der Waals surface area contributed by atoms with Crippen LogP contribution in [0.1, 0.15) is 71.3 Å². The number of aryl methyl sites for hydroxylation is 1. The summed E-state index contributed by atoms with van der Waals surface area (Å²) in [5.74, 6) is -0.356. The van der Waals surface area contributed by atoms with E-state index in [0.29, 0.717) is 44.2 Å². The molecule has 0 unspecified atom stereocenters. The molecule has 0 radical (unpaired) electrons. The monoisotopic (exact) mass is 476 g/mol. The minimum atomic E-state index is -0.708. The smallest absolute Gasteiger partial charge is 0.313 e. The van der Waals surface area contributed by atoms with Crippen LogP contribution in [0.3, 0.4) is 0 Å². The molecule has 0 saturated carbocycles. The lowest BCUT2D eigenvalue weighted by Gasteiger charge is -2.24. The Hall–Kier alpha value is -2.38. The number of benzene rings is 1. The number of rotatable bonds is 15. The summed E-state index contributed by atoms with van der Waals surface area (Å²) in [6.45, 7) is 7.02. The molecule has 1 fully saturated rings. The van der Waals surface area contributed by atoms with Gasteiger partial charge in [0.05, 0.1) is 32.8 Å². The van der Waals surface area contributed by atoms with Crippen LogP contribution >= 0.6 is 0 Å². The highest BCUT2D eigenvalue weighted by Crippen LogP contribution is 2.32. The third-order valence-corrected chi connectivity index (χ3v) is 5.63. The highest BCUT2D eigenvalue weighted by Gasteiger charge is 2.33. The van der Waals surface area contributed by atoms with E-state index < -0.39 is 5.79 Å². The molecule has 34 heavy (non-hydrogen) atoms. The zero-order valence-corrected chi connectivity index (χ0v) is 21.1. The maximum Gasteiger partial charge on any atom is 0.313 e. The Morgan fingerprint density at radius 1 is 1.09 bits per heavy atom. The van der Waals surface area contributed by atoms with Crippen LogP contribution < -0.4 is 9.47 Å². The van der Waals surface area contributed by atoms with Crippen LogP contribution in [0, 0.1) is 5.92 Å². The molecule has 0 aliphatic carbocycles. The molecule has 0 N–H and O–H groups in total. The maximum absolute atomic E-state index is 11.9. The largest absolute Gasteiger partial charge is 0.493 e. The normalized spacial score (nSPS) is 15.1. The topological polar surface area (TPSA) is 80.3 Å². The predicted octanol–water partition coefficient (Wildman–Crippen LogP) is 5.39. The highest BCUT2D eigenvalue weighted by atomic mass is 16.7. The number of unbranched alkanes of at least 4 members (excludes halogenated alkanes) is 4. The van der Waals surface area contributed by atoms with Crippen LogP contribution in [0.15, 0.2) is 30.4 Å². The Morgan fingerprint density at radius 2 is 1.82 bits per heavy atom. The second-order valence-electron chi connectivity index (χ2n) is 8.73. The van der Waals surface area contributed by atoms with E-state index in [0.717, 1.165) is 44.1 Å². The van der Waals surface area contributed by atoms with E-state index in [2.05, 4.69) is 6.08 Å². The molecule has 0 spiro atoms. The summed E-state index contributed by atoms with van der Waals surface area (Å²) in [4.78, 5) is 23.3. The summed E-state index contributed by atoms with van der Waals surface area (Å²) in [7, 11) is 1.57. The molecular formula is C27H40O7. The Labute approximate surface area is 203 Å². The van der Waals surface area contributed by atoms with Crippen LogP contribution in [-0.2, 0) is 30.2 Å². The van der Waals surface area contributed by atoms with Crippen molar-refractivity contribution in [3.8, 4) is 11.5 Å². The molecule has 0 atom stereocenters. The van der Waals surface area contributed by atoms with Crippen LogP contribution in [-0.4, -0.2) is 44.7 Å². The van der Waals surface area contributed by atoms with E-state index in [1.54, 1.807) is 27.0 Å². The minimum Gasteiger partial charge on any atom is -0.493 e. The fraction of sp³-hybridized carbons (Fsp3) is 0.630. The number of carbonyl (C=O) groups is 2. The summed E-state index contributed by atoms with van der Waals surface area (Å²) in [5, 5.41) is 0. The Kier molecular flexibility index (Phi) is 12.1. The quantitative estimate of drug-likeness (QED) is 0.145. The molecule has 1 aliphatic rings. The average molecular weight is 477 g/mol. The molecule has 2 rings (SSSR count). The predicted molar refractivity (Wildman–Crippen MR) is 130 cm³/mol. The van der Waals surface area contributed by atoms with Gasteiger partial charge in [-0.25, -0.2) is 0 Å². The van der Waals surface area contributed by atoms with Gasteiger partial charge in [-0.2, -0.15) is 0 Å². The minimum absolute atomic E-state index is 0.108. The first-order valence-electron chi connectivity index (χ1n) is 12.4. The van der Waals surface area contributed by atoms with Crippen molar-refractivity contribution in [1.82, 2.24) is 0 Å². The first-order valence-corrected chi connectivity index (χ1v) is 12.4. The third kappa shape index (κ3) is 9.47. The Bertz CT molecular complexity index is 794. The first-order chi connectivity index (χ1) is 16.4. The van der Waals surface area contributed by atoms with Gasteiger partial charge in [0.2, 0.25) is 0 Å². The summed E-state index contributed by atoms with van der Waals surface area (Å²) < 4.78 is 27.7. The van der Waals surface area contributed by atoms with E-state index in [1.807, 2.05) is 25.1 Å². The molecule has 1 saturated heterocycles. The maximum atomic E-state index is 11.9. The fourth-order valence-corrected chi connectivity index (χ4v) is 3.67. The van der Waals surface area contributed by atoms with Crippen molar-refractivity contribution in [2.45, 2.75) is 77.9 Å². The summed E-state index contributed by atoms with van der Waals surface area (Å²) in [6.07, 6.45) is 11.0. The molecule has 190 valence electrons. The van der Waals surface area contributed by atoms with Crippen LogP contribution in [0.5, 0.6) is 11.5 Å². The zero-order valence-electron chi connectivity index (χ0n) is 21.1. The summed E-state index contributed by atoms with van der Waals surface area (Å²) >= 11 is 0. The standard InChI is InChI=1S/C27H40O7/c1-5-31-25(28)12-10-8-6-7-9-11-16-27(32-18-19-33-27)17-15-22-13-14-23(24(20-22)30-4)34-26(29)21(2)3/h11,13-14,16,20-21H,5-10,12,15,17-19H2,1-4H3. The second-order valence-corrected chi connectivity index (χ2v) is 8.73. The van der Waals surface area contributed by atoms with Gasteiger partial charge >= 0.3 is 11.9 Å². The van der Waals surface area contributed by atoms with Gasteiger partial charge in [-0.05, 0) is 56.4 Å². The van der Waals surface area contributed by atoms with Gasteiger partial charge < -0.3 is 23.7 Å². The third-order valence-electron chi connectivity index (χ3n) is 5.63. The van der Waals surface area contributed by atoms with Crippen molar-refractivity contribution < 1.29 is 33.3 Å². The molecule has 1 aromatic rings. The van der Waals surface area contributed by atoms with Crippen molar-refractivity contribution in [1.29, 1.82) is 0 Å². The number of carbonyl (C=O) groups excluding carboxylic acids is 2. The van der Waals surface area contributed by atoms with Crippen molar-refractivity contribution >= 4 is 11.9 Å². The molecule has 1 aromatic carbocycles. The molecule has 0 amide bonds. The Balaban J connectivity index is 1.81. The Morgan fingerprint density at radius 3 is 2.50 bits per heavy atom. The van der Waals surface area contributed by atoms with E-state index in [-0.39, 0.29) is 17.9 Å². The number of esters is 2. The molecule has 0 bridgehead atoms. The lowest BCUT2D eigenvalue weighted by Crippen LogP contribution is -2.28. The van der Waals surface area contributed by atoms with Crippen molar-refractivity contribution in [2.75, 3.05) is 26.9 Å². The van der Waals surface area contributed by atoms with E-state index in [9.17, 15) is 9.59 Å². The van der Waals surface area contributed by atoms with Gasteiger partial charge in [0.15, 0.2) is 17.3 Å². The SMILES string of the molecule is CCOC(=O)CCCCCCC=CC1(CCc2ccc(OC(=O)C(C)C)c(OC)c2)OCCO1. The van der Waals surface area contributed by atoms with Crippen molar-refractivity contribution in [3.63, 3.8) is 0 Å². The van der Waals surface area contributed by atoms with Gasteiger partial charge in [0.1, 0.15) is 0 Å². The van der Waals surface area contributed by atoms with E-state index >= 15 is 0 Å². The summed E-state index contributed by atoms with van der Waals surface area (Å²) in [5.41, 5.74) is 1.05. The molecule has 1 heterocycles. The number of allylic oxidation sites excluding steroid dienone is 1. The average Bonchev–Trinajstić information content (AvgIpc) is 3.29. The lowest BCUT2D eigenvalue weighted by atomic mass is 10.0. The van der Waals surface area contributed by atoms with Crippen LogP contribution in [0.25, 0.3) is 0 Å². The number of methoxy groups -OCH3 is 1. The number of hydrogen-bond acceptors (Lipinski definition) is 7. The van der Waals surface area contributed by atoms with Crippen LogP contribution in [0.2, 0.25) is 0 Å². The van der Waals surface area contributed by atoms with E-state index in [4.69, 9.17) is 23.7 Å². The lowest BCUT2D eigenvalue weighted by molar-refractivity contribution is -0.143. The molecule has 0 aromatic heterocycles. The zero-order chi connectivity index (χ0) is 24.8. The summed E-state index contributed by atoms with van der Waals surface area (Å²) in [6, 6.07) is 5.61. The van der Waals surface area contributed by atoms with Crippen molar-refractivity contribution in [2.24, 2.45) is 5.92 Å². The van der Waals surface area contributed by atoms with Gasteiger partial charge in [-0.1, -0.05) is 38.8 Å². The van der Waals surface area contributed by atoms with Crippen LogP contribution in [0.4, 0.5) is 0 Å². The van der Waals surface area contributed by atoms with Gasteiger partial charge in [0.25, 0.3) is 0 Å². The number of hydrogen-bond donors (Lipinski definition) is 0. The molecule has 7 nitrogen and oxygen atoms in total. The fourth-order valence-electron chi connectivity index (χ4n) is 3.67. The molecule has 1 aliphatic heterocycles. The van der Waals surface area contributed by atoms with Gasteiger partial charge in [0, 0.05) is 12.8 Å². The van der Waals surface area contributed by atoms with Gasteiger partial charge in [-0.15, -0.1) is 0 Å². The van der Waals surface area contributed by atoms with E-state index in [1.165, 1.54) is 0 Å². The number of ether oxygens (including phenoxy) is 5. The molecule has 7 heteroatoms. The first kappa shape index (κ1) is 27.9. The molecular weight excluding hydrogens is 436 g/mol.